The van der Waals surface area contributed by atoms with Crippen molar-refractivity contribution in [1.29, 1.82) is 0 Å². The first kappa shape index (κ1) is 11.5. The van der Waals surface area contributed by atoms with Gasteiger partial charge in [0.25, 0.3) is 6.43 Å². The quantitative estimate of drug-likeness (QED) is 0.471. The first-order valence-corrected chi connectivity index (χ1v) is 3.95. The van der Waals surface area contributed by atoms with Crippen LogP contribution in [0.2, 0.25) is 0 Å². The normalized spacial score (nSPS) is 11.7. The third kappa shape index (κ3) is 9.52. The highest BCUT2D eigenvalue weighted by Crippen LogP contribution is 1.90. The third-order valence-electron chi connectivity index (χ3n) is 1.16. The summed E-state index contributed by atoms with van der Waals surface area (Å²) in [5, 5.41) is 3.00. The number of rotatable bonds is 7. The molecule has 0 spiro atoms. The fourth-order valence-electron chi connectivity index (χ4n) is 0.620. The monoisotopic (exact) mass is 179 g/mol. The Balaban J connectivity index is 2.91. The SMILES string of the molecule is C/C=C/CNCCOCC(F)F. The van der Waals surface area contributed by atoms with Crippen molar-refractivity contribution >= 4 is 0 Å². The molecule has 0 aliphatic carbocycles. The highest BCUT2D eigenvalue weighted by molar-refractivity contribution is 4.78. The zero-order chi connectivity index (χ0) is 9.23. The van der Waals surface area contributed by atoms with Crippen LogP contribution in [0.3, 0.4) is 0 Å². The molecule has 0 aromatic rings. The Labute approximate surface area is 71.6 Å². The van der Waals surface area contributed by atoms with Crippen LogP contribution in [-0.4, -0.2) is 32.7 Å². The van der Waals surface area contributed by atoms with Gasteiger partial charge in [-0.25, -0.2) is 8.78 Å². The molecule has 72 valence electrons. The number of hydrogen-bond donors (Lipinski definition) is 1. The van der Waals surface area contributed by atoms with Crippen LogP contribution in [0.15, 0.2) is 12.2 Å². The highest BCUT2D eigenvalue weighted by atomic mass is 19.3. The van der Waals surface area contributed by atoms with Gasteiger partial charge in [0, 0.05) is 13.1 Å². The van der Waals surface area contributed by atoms with Crippen LogP contribution < -0.4 is 5.32 Å². The molecule has 0 rings (SSSR count). The summed E-state index contributed by atoms with van der Waals surface area (Å²) < 4.78 is 27.7. The number of hydrogen-bond acceptors (Lipinski definition) is 2. The molecule has 0 atom stereocenters. The summed E-state index contributed by atoms with van der Waals surface area (Å²) in [6.07, 6.45) is 1.51. The first-order valence-electron chi connectivity index (χ1n) is 3.95. The fraction of sp³-hybridized carbons (Fsp3) is 0.750. The van der Waals surface area contributed by atoms with Crippen molar-refractivity contribution in [3.8, 4) is 0 Å². The van der Waals surface area contributed by atoms with Crippen molar-refractivity contribution in [3.63, 3.8) is 0 Å². The molecule has 0 saturated heterocycles. The maximum Gasteiger partial charge on any atom is 0.261 e. The topological polar surface area (TPSA) is 21.3 Å². The molecule has 1 N–H and O–H groups in total. The Morgan fingerprint density at radius 1 is 1.50 bits per heavy atom. The van der Waals surface area contributed by atoms with Gasteiger partial charge >= 0.3 is 0 Å². The van der Waals surface area contributed by atoms with Gasteiger partial charge in [-0.1, -0.05) is 12.2 Å². The summed E-state index contributed by atoms with van der Waals surface area (Å²) in [6.45, 7) is 3.16. The second-order valence-electron chi connectivity index (χ2n) is 2.24. The Kier molecular flexibility index (Phi) is 8.27. The Morgan fingerprint density at radius 3 is 2.83 bits per heavy atom. The molecule has 12 heavy (non-hydrogen) atoms. The minimum Gasteiger partial charge on any atom is -0.374 e. The van der Waals surface area contributed by atoms with Crippen molar-refractivity contribution in [2.75, 3.05) is 26.3 Å². The van der Waals surface area contributed by atoms with Crippen molar-refractivity contribution in [2.24, 2.45) is 0 Å². The standard InChI is InChI=1S/C8H15F2NO/c1-2-3-4-11-5-6-12-7-8(9)10/h2-3,8,11H,4-7H2,1H3/b3-2+. The van der Waals surface area contributed by atoms with Crippen molar-refractivity contribution < 1.29 is 13.5 Å². The zero-order valence-electron chi connectivity index (χ0n) is 7.22. The van der Waals surface area contributed by atoms with E-state index in [4.69, 9.17) is 0 Å². The van der Waals surface area contributed by atoms with Gasteiger partial charge in [-0.3, -0.25) is 0 Å². The lowest BCUT2D eigenvalue weighted by Gasteiger charge is -2.03. The van der Waals surface area contributed by atoms with Crippen LogP contribution in [-0.2, 0) is 4.74 Å². The lowest BCUT2D eigenvalue weighted by atomic mass is 10.5. The minimum absolute atomic E-state index is 0.335. The molecule has 0 fully saturated rings. The maximum atomic E-state index is 11.5. The van der Waals surface area contributed by atoms with E-state index in [1.54, 1.807) is 0 Å². The summed E-state index contributed by atoms with van der Waals surface area (Å²) >= 11 is 0. The molecule has 0 amide bonds. The molecule has 0 unspecified atom stereocenters. The first-order chi connectivity index (χ1) is 5.77. The molecule has 0 aliphatic heterocycles. The second kappa shape index (κ2) is 8.62. The van der Waals surface area contributed by atoms with Gasteiger partial charge < -0.3 is 10.1 Å². The summed E-state index contributed by atoms with van der Waals surface area (Å²) in [4.78, 5) is 0. The lowest BCUT2D eigenvalue weighted by Crippen LogP contribution is -2.20. The van der Waals surface area contributed by atoms with E-state index in [1.807, 2.05) is 19.1 Å². The van der Waals surface area contributed by atoms with Gasteiger partial charge in [0.2, 0.25) is 0 Å². The summed E-state index contributed by atoms with van der Waals surface area (Å²) in [7, 11) is 0. The predicted octanol–water partition coefficient (Wildman–Crippen LogP) is 1.43. The molecule has 0 saturated carbocycles. The van der Waals surface area contributed by atoms with Gasteiger partial charge in [-0.15, -0.1) is 0 Å². The average Bonchev–Trinajstić information content (AvgIpc) is 2.02. The molecule has 0 aliphatic rings. The highest BCUT2D eigenvalue weighted by Gasteiger charge is 1.99. The molecule has 0 bridgehead atoms. The van der Waals surface area contributed by atoms with E-state index in [-0.39, 0.29) is 0 Å². The second-order valence-corrected chi connectivity index (χ2v) is 2.24. The zero-order valence-corrected chi connectivity index (χ0v) is 7.22. The number of nitrogens with one attached hydrogen (secondary N) is 1. The Hall–Kier alpha value is -0.480. The van der Waals surface area contributed by atoms with Gasteiger partial charge in [-0.2, -0.15) is 0 Å². The predicted molar refractivity (Wildman–Crippen MR) is 44.5 cm³/mol. The largest absolute Gasteiger partial charge is 0.374 e. The number of ether oxygens (including phenoxy) is 1. The molecule has 0 aromatic heterocycles. The van der Waals surface area contributed by atoms with Gasteiger partial charge in [0.1, 0.15) is 6.61 Å². The Bertz CT molecular complexity index is 118. The minimum atomic E-state index is -2.36. The molecular formula is C8H15F2NO. The number of alkyl halides is 2. The van der Waals surface area contributed by atoms with E-state index in [1.165, 1.54) is 0 Å². The van der Waals surface area contributed by atoms with Crippen molar-refractivity contribution in [2.45, 2.75) is 13.3 Å². The average molecular weight is 179 g/mol. The van der Waals surface area contributed by atoms with E-state index in [0.717, 1.165) is 6.54 Å². The molecule has 2 nitrogen and oxygen atoms in total. The van der Waals surface area contributed by atoms with Gasteiger partial charge in [0.05, 0.1) is 6.61 Å². The van der Waals surface area contributed by atoms with Crippen LogP contribution in [0.4, 0.5) is 8.78 Å². The molecule has 0 radical (unpaired) electrons. The van der Waals surface area contributed by atoms with Crippen molar-refractivity contribution in [3.05, 3.63) is 12.2 Å². The molecule has 4 heteroatoms. The summed E-state index contributed by atoms with van der Waals surface area (Å²) in [6, 6.07) is 0. The molecule has 0 heterocycles. The van der Waals surface area contributed by atoms with E-state index >= 15 is 0 Å². The third-order valence-corrected chi connectivity index (χ3v) is 1.16. The number of halogens is 2. The van der Waals surface area contributed by atoms with Gasteiger partial charge in [-0.05, 0) is 6.92 Å². The van der Waals surface area contributed by atoms with E-state index in [2.05, 4.69) is 10.1 Å². The molecular weight excluding hydrogens is 164 g/mol. The van der Waals surface area contributed by atoms with E-state index < -0.39 is 13.0 Å². The van der Waals surface area contributed by atoms with Gasteiger partial charge in [0.15, 0.2) is 0 Å². The lowest BCUT2D eigenvalue weighted by molar-refractivity contribution is 0.0190. The van der Waals surface area contributed by atoms with Crippen LogP contribution in [0, 0.1) is 0 Å². The van der Waals surface area contributed by atoms with Crippen LogP contribution in [0.1, 0.15) is 6.92 Å². The number of allylic oxidation sites excluding steroid dienone is 1. The fourth-order valence-corrected chi connectivity index (χ4v) is 0.620. The van der Waals surface area contributed by atoms with E-state index in [9.17, 15) is 8.78 Å². The smallest absolute Gasteiger partial charge is 0.261 e. The van der Waals surface area contributed by atoms with Crippen LogP contribution >= 0.6 is 0 Å². The van der Waals surface area contributed by atoms with Crippen LogP contribution in [0.25, 0.3) is 0 Å². The maximum absolute atomic E-state index is 11.5. The Morgan fingerprint density at radius 2 is 2.25 bits per heavy atom. The van der Waals surface area contributed by atoms with E-state index in [0.29, 0.717) is 13.2 Å². The van der Waals surface area contributed by atoms with Crippen LogP contribution in [0.5, 0.6) is 0 Å². The van der Waals surface area contributed by atoms with Crippen molar-refractivity contribution in [1.82, 2.24) is 5.32 Å². The summed E-state index contributed by atoms with van der Waals surface area (Å²) in [5.74, 6) is 0. The summed E-state index contributed by atoms with van der Waals surface area (Å²) in [5.41, 5.74) is 0. The molecule has 0 aromatic carbocycles.